The van der Waals surface area contributed by atoms with E-state index in [0.29, 0.717) is 0 Å². The van der Waals surface area contributed by atoms with Gasteiger partial charge in [-0.3, -0.25) is 8.78 Å². The van der Waals surface area contributed by atoms with E-state index in [1.807, 2.05) is 0 Å². The van der Waals surface area contributed by atoms with Crippen LogP contribution in [0, 0.1) is 5.41 Å². The van der Waals surface area contributed by atoms with Crippen molar-refractivity contribution < 1.29 is 34.6 Å². The van der Waals surface area contributed by atoms with Crippen LogP contribution >= 0.6 is 0 Å². The Morgan fingerprint density at radius 3 is 2.17 bits per heavy atom. The predicted molar refractivity (Wildman–Crippen MR) is 52.4 cm³/mol. The first kappa shape index (κ1) is 15.2. The van der Waals surface area contributed by atoms with Crippen LogP contribution < -0.4 is 0 Å². The molecule has 9 heteroatoms. The van der Waals surface area contributed by atoms with Gasteiger partial charge in [-0.25, -0.2) is 0 Å². The highest BCUT2D eigenvalue weighted by Gasteiger charge is 2.49. The third-order valence-electron chi connectivity index (χ3n) is 2.73. The molecule has 0 bridgehead atoms. The zero-order valence-corrected chi connectivity index (χ0v) is 9.95. The van der Waals surface area contributed by atoms with Crippen LogP contribution in [0.5, 0.6) is 0 Å². The van der Waals surface area contributed by atoms with E-state index >= 15 is 0 Å². The van der Waals surface area contributed by atoms with E-state index in [-0.39, 0.29) is 19.3 Å². The van der Waals surface area contributed by atoms with Gasteiger partial charge in [-0.1, -0.05) is 0 Å². The summed E-state index contributed by atoms with van der Waals surface area (Å²) in [6.07, 6.45) is 0.455. The molecule has 1 aliphatic carbocycles. The van der Waals surface area contributed by atoms with Crippen molar-refractivity contribution in [3.63, 3.8) is 0 Å². The Labute approximate surface area is 101 Å². The number of hydrogen-bond donors (Lipinski definition) is 0. The number of halogens is 5. The van der Waals surface area contributed by atoms with Crippen molar-refractivity contribution in [2.75, 3.05) is 13.3 Å². The van der Waals surface area contributed by atoms with Crippen molar-refractivity contribution in [3.8, 4) is 0 Å². The molecular formula is C9H11F5O3S. The third-order valence-corrected chi connectivity index (χ3v) is 3.73. The van der Waals surface area contributed by atoms with E-state index in [1.165, 1.54) is 0 Å². The van der Waals surface area contributed by atoms with Gasteiger partial charge in [0.25, 0.3) is 0 Å². The maximum Gasteiger partial charge on any atom is 0.534 e. The summed E-state index contributed by atoms with van der Waals surface area (Å²) in [6, 6.07) is 0. The first-order valence-corrected chi connectivity index (χ1v) is 6.38. The Hall–Kier alpha value is -0.860. The maximum absolute atomic E-state index is 12.6. The van der Waals surface area contributed by atoms with E-state index in [1.54, 1.807) is 0 Å². The average Bonchev–Trinajstić information content (AvgIpc) is 2.29. The SMILES string of the molecule is O=S(=O)(OC1=CCC(CF)(CF)CC1)C(F)(F)F. The van der Waals surface area contributed by atoms with Gasteiger partial charge in [0.05, 0.1) is 13.3 Å². The molecule has 0 spiro atoms. The summed E-state index contributed by atoms with van der Waals surface area (Å²) in [7, 11) is -5.70. The molecule has 1 aliphatic rings. The molecule has 0 aromatic heterocycles. The van der Waals surface area contributed by atoms with Crippen LogP contribution in [0.2, 0.25) is 0 Å². The van der Waals surface area contributed by atoms with Crippen molar-refractivity contribution >= 4 is 10.1 Å². The lowest BCUT2D eigenvalue weighted by Crippen LogP contribution is -2.30. The fraction of sp³-hybridized carbons (Fsp3) is 0.778. The van der Waals surface area contributed by atoms with Crippen LogP contribution in [0.15, 0.2) is 11.8 Å². The summed E-state index contributed by atoms with van der Waals surface area (Å²) < 4.78 is 86.5. The molecule has 106 valence electrons. The molecule has 0 amide bonds. The number of rotatable bonds is 4. The largest absolute Gasteiger partial charge is 0.534 e. The molecular weight excluding hydrogens is 283 g/mol. The topological polar surface area (TPSA) is 43.4 Å². The lowest BCUT2D eigenvalue weighted by Gasteiger charge is -2.30. The Bertz CT molecular complexity index is 422. The maximum atomic E-state index is 12.6. The quantitative estimate of drug-likeness (QED) is 0.455. The second-order valence-corrected chi connectivity index (χ2v) is 5.66. The highest BCUT2D eigenvalue weighted by molar-refractivity contribution is 7.87. The highest BCUT2D eigenvalue weighted by atomic mass is 32.2. The van der Waals surface area contributed by atoms with Crippen molar-refractivity contribution in [1.82, 2.24) is 0 Å². The van der Waals surface area contributed by atoms with Crippen LogP contribution in [0.25, 0.3) is 0 Å². The van der Waals surface area contributed by atoms with Crippen LogP contribution in [0.1, 0.15) is 19.3 Å². The Kier molecular flexibility index (Phi) is 4.24. The molecule has 3 nitrogen and oxygen atoms in total. The van der Waals surface area contributed by atoms with Crippen LogP contribution in [-0.2, 0) is 14.3 Å². The highest BCUT2D eigenvalue weighted by Crippen LogP contribution is 2.38. The second kappa shape index (κ2) is 5.02. The van der Waals surface area contributed by atoms with Gasteiger partial charge < -0.3 is 4.18 Å². The van der Waals surface area contributed by atoms with E-state index in [2.05, 4.69) is 4.18 Å². The fourth-order valence-electron chi connectivity index (χ4n) is 1.47. The fourth-order valence-corrected chi connectivity index (χ4v) is 1.99. The molecule has 0 saturated heterocycles. The van der Waals surface area contributed by atoms with Gasteiger partial charge in [-0.15, -0.1) is 0 Å². The molecule has 0 heterocycles. The van der Waals surface area contributed by atoms with E-state index < -0.39 is 40.1 Å². The zero-order valence-electron chi connectivity index (χ0n) is 9.14. The number of hydrogen-bond acceptors (Lipinski definition) is 3. The molecule has 0 fully saturated rings. The Morgan fingerprint density at radius 2 is 1.83 bits per heavy atom. The van der Waals surface area contributed by atoms with Crippen molar-refractivity contribution in [2.24, 2.45) is 5.41 Å². The van der Waals surface area contributed by atoms with Gasteiger partial charge in [0.2, 0.25) is 0 Å². The number of alkyl halides is 5. The van der Waals surface area contributed by atoms with Crippen molar-refractivity contribution in [1.29, 1.82) is 0 Å². The zero-order chi connectivity index (χ0) is 14.0. The minimum Gasteiger partial charge on any atom is -0.381 e. The second-order valence-electron chi connectivity index (χ2n) is 4.13. The van der Waals surface area contributed by atoms with Crippen LogP contribution in [0.4, 0.5) is 22.0 Å². The smallest absolute Gasteiger partial charge is 0.381 e. The van der Waals surface area contributed by atoms with E-state index in [4.69, 9.17) is 0 Å². The molecule has 18 heavy (non-hydrogen) atoms. The Morgan fingerprint density at radius 1 is 1.28 bits per heavy atom. The summed E-state index contributed by atoms with van der Waals surface area (Å²) in [6.45, 7) is -1.92. The molecule has 0 unspecified atom stereocenters. The third kappa shape index (κ3) is 3.12. The molecule has 1 rings (SSSR count). The lowest BCUT2D eigenvalue weighted by molar-refractivity contribution is -0.0526. The number of allylic oxidation sites excluding steroid dienone is 2. The molecule has 0 saturated carbocycles. The molecule has 0 radical (unpaired) electrons. The summed E-state index contributed by atoms with van der Waals surface area (Å²) in [5.41, 5.74) is -6.78. The van der Waals surface area contributed by atoms with Gasteiger partial charge >= 0.3 is 15.6 Å². The minimum atomic E-state index is -5.70. The van der Waals surface area contributed by atoms with Crippen molar-refractivity contribution in [2.45, 2.75) is 24.8 Å². The summed E-state index contributed by atoms with van der Waals surface area (Å²) in [5.74, 6) is -0.426. The summed E-state index contributed by atoms with van der Waals surface area (Å²) in [5, 5.41) is 0. The van der Waals surface area contributed by atoms with Gasteiger partial charge in [0.1, 0.15) is 5.76 Å². The molecule has 0 aromatic carbocycles. The normalized spacial score (nSPS) is 20.4. The van der Waals surface area contributed by atoms with Crippen molar-refractivity contribution in [3.05, 3.63) is 11.8 Å². The Balaban J connectivity index is 2.77. The summed E-state index contributed by atoms with van der Waals surface area (Å²) in [4.78, 5) is 0. The standard InChI is InChI=1S/C9H11F5O3S/c10-5-8(6-11)3-1-7(2-4-8)17-18(15,16)9(12,13)14/h1H,2-6H2. The first-order valence-electron chi connectivity index (χ1n) is 4.97. The summed E-state index contributed by atoms with van der Waals surface area (Å²) >= 11 is 0. The van der Waals surface area contributed by atoms with Gasteiger partial charge in [0.15, 0.2) is 0 Å². The molecule has 0 aromatic rings. The average molecular weight is 294 g/mol. The first-order chi connectivity index (χ1) is 8.16. The van der Waals surface area contributed by atoms with Gasteiger partial charge in [0, 0.05) is 11.8 Å². The van der Waals surface area contributed by atoms with Gasteiger partial charge in [-0.05, 0) is 18.9 Å². The van der Waals surface area contributed by atoms with Crippen LogP contribution in [0.3, 0.4) is 0 Å². The van der Waals surface area contributed by atoms with Crippen LogP contribution in [-0.4, -0.2) is 27.3 Å². The molecule has 0 atom stereocenters. The predicted octanol–water partition coefficient (Wildman–Crippen LogP) is 2.85. The van der Waals surface area contributed by atoms with E-state index in [9.17, 15) is 30.4 Å². The molecule has 0 aliphatic heterocycles. The lowest BCUT2D eigenvalue weighted by atomic mass is 9.79. The van der Waals surface area contributed by atoms with Gasteiger partial charge in [-0.2, -0.15) is 21.6 Å². The van der Waals surface area contributed by atoms with E-state index in [0.717, 1.165) is 6.08 Å². The monoisotopic (exact) mass is 294 g/mol. The molecule has 0 N–H and O–H groups in total. The minimum absolute atomic E-state index is 0.0980.